The highest BCUT2D eigenvalue weighted by molar-refractivity contribution is 5.85. The first-order chi connectivity index (χ1) is 5.36. The maximum Gasteiger partial charge on any atom is 0.120 e. The van der Waals surface area contributed by atoms with E-state index in [4.69, 9.17) is 10.1 Å². The average Bonchev–Trinajstić information content (AvgIpc) is 2.04. The number of hydrogen-bond donors (Lipinski definition) is 2. The van der Waals surface area contributed by atoms with Gasteiger partial charge in [-0.05, 0) is 12.8 Å². The third-order valence-electron chi connectivity index (χ3n) is 2.50. The Balaban J connectivity index is 0.000000720. The third kappa shape index (κ3) is 1.90. The van der Waals surface area contributed by atoms with Crippen LogP contribution in [0.2, 0.25) is 0 Å². The molecule has 0 aromatic heterocycles. The molecule has 70 valence electrons. The van der Waals surface area contributed by atoms with Crippen molar-refractivity contribution in [2.75, 3.05) is 6.61 Å². The fraction of sp³-hybridized carbons (Fsp3) is 0.875. The van der Waals surface area contributed by atoms with Crippen LogP contribution in [0.3, 0.4) is 0 Å². The van der Waals surface area contributed by atoms with Gasteiger partial charge < -0.3 is 10.1 Å². The summed E-state index contributed by atoms with van der Waals surface area (Å²) in [6, 6.07) is 0.435. The number of morpholine rings is 1. The van der Waals surface area contributed by atoms with Crippen LogP contribution in [0.25, 0.3) is 0 Å². The lowest BCUT2D eigenvalue weighted by atomic mass is 9.91. The van der Waals surface area contributed by atoms with Crippen molar-refractivity contribution >= 4 is 18.2 Å². The highest BCUT2D eigenvalue weighted by Crippen LogP contribution is 2.23. The van der Waals surface area contributed by atoms with Crippen LogP contribution in [0.1, 0.15) is 25.7 Å². The van der Waals surface area contributed by atoms with E-state index >= 15 is 0 Å². The molecule has 1 saturated carbocycles. The summed E-state index contributed by atoms with van der Waals surface area (Å²) in [6.07, 6.45) is 5.30. The molecular weight excluding hydrogens is 176 g/mol. The van der Waals surface area contributed by atoms with E-state index in [0.29, 0.717) is 24.6 Å². The van der Waals surface area contributed by atoms with Crippen molar-refractivity contribution in [3.63, 3.8) is 0 Å². The zero-order valence-corrected chi connectivity index (χ0v) is 7.82. The molecule has 1 aliphatic carbocycles. The highest BCUT2D eigenvalue weighted by Gasteiger charge is 2.29. The smallest absolute Gasteiger partial charge is 0.120 e. The Morgan fingerprint density at radius 2 is 2.08 bits per heavy atom. The van der Waals surface area contributed by atoms with Crippen molar-refractivity contribution in [2.45, 2.75) is 37.8 Å². The van der Waals surface area contributed by atoms with Crippen LogP contribution in [0.15, 0.2) is 0 Å². The van der Waals surface area contributed by atoms with Crippen molar-refractivity contribution in [1.82, 2.24) is 5.32 Å². The molecule has 0 aromatic rings. The van der Waals surface area contributed by atoms with Crippen LogP contribution < -0.4 is 5.32 Å². The fourth-order valence-corrected chi connectivity index (χ4v) is 1.92. The molecule has 0 bridgehead atoms. The van der Waals surface area contributed by atoms with Gasteiger partial charge in [0, 0.05) is 0 Å². The Kier molecular flexibility index (Phi) is 3.35. The molecule has 0 aromatic carbocycles. The van der Waals surface area contributed by atoms with Crippen LogP contribution in [-0.4, -0.2) is 24.6 Å². The van der Waals surface area contributed by atoms with Gasteiger partial charge in [-0.1, -0.05) is 12.8 Å². The van der Waals surface area contributed by atoms with Crippen molar-refractivity contribution in [2.24, 2.45) is 0 Å². The van der Waals surface area contributed by atoms with Crippen LogP contribution in [0.5, 0.6) is 0 Å². The Morgan fingerprint density at radius 3 is 2.92 bits per heavy atom. The number of fused-ring (bicyclic) bond motifs is 1. The lowest BCUT2D eigenvalue weighted by Crippen LogP contribution is -2.52. The molecule has 2 aliphatic rings. The molecule has 2 fully saturated rings. The van der Waals surface area contributed by atoms with Crippen LogP contribution in [0, 0.1) is 5.41 Å². The molecule has 0 amide bonds. The molecule has 2 rings (SSSR count). The van der Waals surface area contributed by atoms with Crippen molar-refractivity contribution in [3.05, 3.63) is 0 Å². The van der Waals surface area contributed by atoms with E-state index in [1.807, 2.05) is 0 Å². The first-order valence-electron chi connectivity index (χ1n) is 4.32. The number of ether oxygens (including phenoxy) is 1. The second-order valence-electron chi connectivity index (χ2n) is 3.36. The van der Waals surface area contributed by atoms with Gasteiger partial charge in [0.15, 0.2) is 0 Å². The molecule has 1 aliphatic heterocycles. The summed E-state index contributed by atoms with van der Waals surface area (Å²) in [5.74, 6) is 0.549. The topological polar surface area (TPSA) is 45.1 Å². The standard InChI is InChI=1S/C8H14N2O.ClH/c9-8-5-11-7-4-2-1-3-6(7)10-8;/h6-7H,1-5H2,(H2,9,10);1H/t6-,7+;/m0./s1. The predicted octanol–water partition coefficient (Wildman–Crippen LogP) is 1.32. The number of hydrogen-bond acceptors (Lipinski definition) is 2. The van der Waals surface area contributed by atoms with Gasteiger partial charge in [0.25, 0.3) is 0 Å². The van der Waals surface area contributed by atoms with Crippen LogP contribution in [-0.2, 0) is 4.74 Å². The van der Waals surface area contributed by atoms with Gasteiger partial charge in [-0.15, -0.1) is 12.4 Å². The summed E-state index contributed by atoms with van der Waals surface area (Å²) < 4.78 is 5.51. The van der Waals surface area contributed by atoms with Crippen LogP contribution in [0.4, 0.5) is 0 Å². The molecule has 1 heterocycles. The van der Waals surface area contributed by atoms with Crippen LogP contribution >= 0.6 is 12.4 Å². The Morgan fingerprint density at radius 1 is 1.33 bits per heavy atom. The van der Waals surface area contributed by atoms with Gasteiger partial charge >= 0.3 is 0 Å². The highest BCUT2D eigenvalue weighted by atomic mass is 35.5. The van der Waals surface area contributed by atoms with Gasteiger partial charge in [-0.3, -0.25) is 5.41 Å². The number of nitrogens with one attached hydrogen (secondary N) is 2. The van der Waals surface area contributed by atoms with E-state index in [-0.39, 0.29) is 12.4 Å². The molecular formula is C8H15ClN2O. The number of rotatable bonds is 0. The number of halogens is 1. The van der Waals surface area contributed by atoms with E-state index in [0.717, 1.165) is 0 Å². The van der Waals surface area contributed by atoms with E-state index in [1.54, 1.807) is 0 Å². The normalized spacial score (nSPS) is 34.5. The first kappa shape index (κ1) is 9.81. The zero-order chi connectivity index (χ0) is 7.68. The van der Waals surface area contributed by atoms with Crippen molar-refractivity contribution in [3.8, 4) is 0 Å². The van der Waals surface area contributed by atoms with E-state index < -0.39 is 0 Å². The molecule has 1 saturated heterocycles. The van der Waals surface area contributed by atoms with Gasteiger partial charge in [0.1, 0.15) is 12.4 Å². The maximum atomic E-state index is 7.38. The van der Waals surface area contributed by atoms with Gasteiger partial charge in [-0.25, -0.2) is 0 Å². The minimum atomic E-state index is 0. The molecule has 12 heavy (non-hydrogen) atoms. The SMILES string of the molecule is Cl.N=C1CO[C@@H]2CCCC[C@@H]2N1. The Hall–Kier alpha value is -0.280. The van der Waals surface area contributed by atoms with E-state index in [2.05, 4.69) is 5.32 Å². The molecule has 3 nitrogen and oxygen atoms in total. The average molecular weight is 191 g/mol. The molecule has 4 heteroatoms. The van der Waals surface area contributed by atoms with E-state index in [9.17, 15) is 0 Å². The minimum Gasteiger partial charge on any atom is -0.368 e. The summed E-state index contributed by atoms with van der Waals surface area (Å²) >= 11 is 0. The third-order valence-corrected chi connectivity index (χ3v) is 2.50. The van der Waals surface area contributed by atoms with Gasteiger partial charge in [0.05, 0.1) is 12.1 Å². The van der Waals surface area contributed by atoms with Crippen molar-refractivity contribution < 1.29 is 4.74 Å². The second-order valence-corrected chi connectivity index (χ2v) is 3.36. The fourth-order valence-electron chi connectivity index (χ4n) is 1.92. The molecule has 0 radical (unpaired) electrons. The maximum absolute atomic E-state index is 7.38. The quantitative estimate of drug-likeness (QED) is 0.605. The van der Waals surface area contributed by atoms with Gasteiger partial charge in [0.2, 0.25) is 0 Å². The van der Waals surface area contributed by atoms with E-state index in [1.165, 1.54) is 25.7 Å². The summed E-state index contributed by atoms with van der Waals surface area (Å²) in [7, 11) is 0. The Bertz CT molecular complexity index is 174. The first-order valence-corrected chi connectivity index (χ1v) is 4.32. The minimum absolute atomic E-state index is 0. The second kappa shape index (κ2) is 4.10. The molecule has 2 N–H and O–H groups in total. The number of amidine groups is 1. The summed E-state index contributed by atoms with van der Waals surface area (Å²) in [6.45, 7) is 0.487. The van der Waals surface area contributed by atoms with Crippen molar-refractivity contribution in [1.29, 1.82) is 5.41 Å². The van der Waals surface area contributed by atoms with Gasteiger partial charge in [-0.2, -0.15) is 0 Å². The monoisotopic (exact) mass is 190 g/mol. The molecule has 0 spiro atoms. The lowest BCUT2D eigenvalue weighted by molar-refractivity contribution is 0.0138. The largest absolute Gasteiger partial charge is 0.368 e. The summed E-state index contributed by atoms with van der Waals surface area (Å²) in [5, 5.41) is 10.6. The zero-order valence-electron chi connectivity index (χ0n) is 7.01. The lowest BCUT2D eigenvalue weighted by Gasteiger charge is -2.36. The summed E-state index contributed by atoms with van der Waals surface area (Å²) in [4.78, 5) is 0. The predicted molar refractivity (Wildman–Crippen MR) is 50.1 cm³/mol. The molecule has 2 atom stereocenters. The summed E-state index contributed by atoms with van der Waals surface area (Å²) in [5.41, 5.74) is 0. The Labute approximate surface area is 78.8 Å². The molecule has 0 unspecified atom stereocenters.